The van der Waals surface area contributed by atoms with Crippen molar-refractivity contribution in [3.63, 3.8) is 0 Å². The van der Waals surface area contributed by atoms with E-state index in [1.54, 1.807) is 36.5 Å². The first-order valence-electron chi connectivity index (χ1n) is 11.8. The molecule has 3 aromatic carbocycles. The Hall–Kier alpha value is -5.12. The Balaban J connectivity index is 1.14. The molecule has 0 aliphatic heterocycles. The van der Waals surface area contributed by atoms with Crippen LogP contribution in [-0.2, 0) is 9.59 Å². The monoisotopic (exact) mass is 509 g/mol. The predicted molar refractivity (Wildman–Crippen MR) is 137 cm³/mol. The molecule has 1 saturated carbocycles. The number of aromatic nitrogens is 3. The molecule has 2 N–H and O–H groups in total. The van der Waals surface area contributed by atoms with Crippen molar-refractivity contribution in [2.75, 3.05) is 10.6 Å². The third-order valence-corrected chi connectivity index (χ3v) is 6.37. The zero-order valence-electron chi connectivity index (χ0n) is 19.8. The van der Waals surface area contributed by atoms with Gasteiger partial charge in [0.1, 0.15) is 22.7 Å². The summed E-state index contributed by atoms with van der Waals surface area (Å²) in [4.78, 5) is 30.1. The van der Waals surface area contributed by atoms with Crippen molar-refractivity contribution in [2.45, 2.75) is 12.8 Å². The van der Waals surface area contributed by atoms with E-state index >= 15 is 0 Å². The first-order chi connectivity index (χ1) is 18.5. The van der Waals surface area contributed by atoms with E-state index in [0.29, 0.717) is 41.6 Å². The minimum Gasteiger partial charge on any atom is -0.457 e. The Morgan fingerprint density at radius 2 is 1.58 bits per heavy atom. The van der Waals surface area contributed by atoms with Crippen molar-refractivity contribution in [1.82, 2.24) is 15.2 Å². The molecule has 0 spiro atoms. The maximum Gasteiger partial charge on any atom is 0.247 e. The fourth-order valence-corrected chi connectivity index (χ4v) is 4.09. The third-order valence-electron chi connectivity index (χ3n) is 6.37. The molecule has 6 rings (SSSR count). The molecular formula is C28H20FN5O4. The average Bonchev–Trinajstić information content (AvgIpc) is 3.58. The standard InChI is InChI=1S/C28H20FN5O4/c29-18-2-4-19(5-3-18)32-26(35)28(12-13-28)27(36)33-20-6-8-21(9-7-20)38-24-11-14-30-23-10-1-17(15-22(23)24)25-34-31-16-37-25/h1-11,14-16H,12-13H2,(H,32,35)(H,33,36). The predicted octanol–water partition coefficient (Wildman–Crippen LogP) is 5.57. The van der Waals surface area contributed by atoms with Crippen LogP contribution in [0.2, 0.25) is 0 Å². The van der Waals surface area contributed by atoms with Crippen LogP contribution in [0.4, 0.5) is 15.8 Å². The summed E-state index contributed by atoms with van der Waals surface area (Å²) in [6.07, 6.45) is 3.80. The SMILES string of the molecule is O=C(Nc1ccc(F)cc1)C1(C(=O)Nc2ccc(Oc3ccnc4ccc(-c5nnco5)cc34)cc2)CC1. The largest absolute Gasteiger partial charge is 0.457 e. The number of hydrogen-bond acceptors (Lipinski definition) is 7. The molecule has 38 heavy (non-hydrogen) atoms. The molecule has 0 atom stereocenters. The number of halogens is 1. The zero-order valence-corrected chi connectivity index (χ0v) is 19.8. The smallest absolute Gasteiger partial charge is 0.247 e. The maximum absolute atomic E-state index is 13.1. The Morgan fingerprint density at radius 1 is 0.895 bits per heavy atom. The number of carbonyl (C=O) groups excluding carboxylic acids is 2. The van der Waals surface area contributed by atoms with E-state index in [0.717, 1.165) is 16.5 Å². The van der Waals surface area contributed by atoms with Crippen LogP contribution in [-0.4, -0.2) is 27.0 Å². The number of nitrogens with one attached hydrogen (secondary N) is 2. The normalized spacial score (nSPS) is 13.6. The summed E-state index contributed by atoms with van der Waals surface area (Å²) in [6.45, 7) is 0. The van der Waals surface area contributed by atoms with Gasteiger partial charge in [-0.2, -0.15) is 0 Å². The van der Waals surface area contributed by atoms with Crippen molar-refractivity contribution in [2.24, 2.45) is 5.41 Å². The van der Waals surface area contributed by atoms with E-state index in [9.17, 15) is 14.0 Å². The number of anilines is 2. The van der Waals surface area contributed by atoms with Crippen molar-refractivity contribution in [1.29, 1.82) is 0 Å². The number of pyridine rings is 1. The molecule has 2 heterocycles. The highest BCUT2D eigenvalue weighted by Gasteiger charge is 2.56. The van der Waals surface area contributed by atoms with Gasteiger partial charge in [-0.3, -0.25) is 14.6 Å². The second kappa shape index (κ2) is 9.40. The number of amides is 2. The minimum absolute atomic E-state index is 0.389. The van der Waals surface area contributed by atoms with Gasteiger partial charge in [-0.25, -0.2) is 4.39 Å². The van der Waals surface area contributed by atoms with Gasteiger partial charge < -0.3 is 19.8 Å². The molecule has 5 aromatic rings. The van der Waals surface area contributed by atoms with Gasteiger partial charge in [0, 0.05) is 28.5 Å². The number of rotatable bonds is 7. The number of fused-ring (bicyclic) bond motifs is 1. The van der Waals surface area contributed by atoms with E-state index < -0.39 is 17.1 Å². The van der Waals surface area contributed by atoms with Gasteiger partial charge in [0.15, 0.2) is 0 Å². The molecular weight excluding hydrogens is 489 g/mol. The Kier molecular flexibility index (Phi) is 5.76. The summed E-state index contributed by atoms with van der Waals surface area (Å²) in [5.41, 5.74) is 1.30. The first kappa shape index (κ1) is 23.3. The fourth-order valence-electron chi connectivity index (χ4n) is 4.09. The molecule has 1 aliphatic carbocycles. The lowest BCUT2D eigenvalue weighted by molar-refractivity contribution is -0.131. The second-order valence-corrected chi connectivity index (χ2v) is 8.91. The van der Waals surface area contributed by atoms with Crippen molar-refractivity contribution >= 4 is 34.1 Å². The summed E-state index contributed by atoms with van der Waals surface area (Å²) in [5, 5.41) is 13.9. The molecule has 0 radical (unpaired) electrons. The van der Waals surface area contributed by atoms with Gasteiger partial charge >= 0.3 is 0 Å². The number of nitrogens with zero attached hydrogens (tertiary/aromatic N) is 3. The summed E-state index contributed by atoms with van der Waals surface area (Å²) >= 11 is 0. The Bertz CT molecular complexity index is 1630. The molecule has 0 bridgehead atoms. The van der Waals surface area contributed by atoms with Crippen LogP contribution in [0.15, 0.2) is 89.8 Å². The van der Waals surface area contributed by atoms with Crippen LogP contribution in [0.1, 0.15) is 12.8 Å². The van der Waals surface area contributed by atoms with Crippen molar-refractivity contribution in [3.05, 3.63) is 91.2 Å². The van der Waals surface area contributed by atoms with Crippen LogP contribution in [0.25, 0.3) is 22.4 Å². The van der Waals surface area contributed by atoms with Crippen LogP contribution < -0.4 is 15.4 Å². The lowest BCUT2D eigenvalue weighted by Crippen LogP contribution is -2.35. The highest BCUT2D eigenvalue weighted by Crippen LogP contribution is 2.47. The van der Waals surface area contributed by atoms with Gasteiger partial charge in [0.25, 0.3) is 0 Å². The summed E-state index contributed by atoms with van der Waals surface area (Å²) in [5.74, 6) is 0.323. The van der Waals surface area contributed by atoms with Crippen LogP contribution in [0, 0.1) is 11.2 Å². The molecule has 1 fully saturated rings. The van der Waals surface area contributed by atoms with Crippen LogP contribution in [0.5, 0.6) is 11.5 Å². The van der Waals surface area contributed by atoms with Gasteiger partial charge in [0.05, 0.1) is 5.52 Å². The molecule has 2 amide bonds. The number of carbonyl (C=O) groups is 2. The third kappa shape index (κ3) is 4.55. The lowest BCUT2D eigenvalue weighted by Gasteiger charge is -2.16. The molecule has 9 nitrogen and oxygen atoms in total. The number of ether oxygens (including phenoxy) is 1. The summed E-state index contributed by atoms with van der Waals surface area (Å²) < 4.78 is 24.5. The highest BCUT2D eigenvalue weighted by atomic mass is 19.1. The molecule has 1 aliphatic rings. The lowest BCUT2D eigenvalue weighted by atomic mass is 10.0. The van der Waals surface area contributed by atoms with E-state index in [-0.39, 0.29) is 5.91 Å². The maximum atomic E-state index is 13.1. The van der Waals surface area contributed by atoms with Crippen LogP contribution >= 0.6 is 0 Å². The Morgan fingerprint density at radius 3 is 2.21 bits per heavy atom. The Labute approximate surface area is 215 Å². The molecule has 0 saturated heterocycles. The van der Waals surface area contributed by atoms with E-state index in [2.05, 4.69) is 25.8 Å². The van der Waals surface area contributed by atoms with Gasteiger partial charge in [-0.15, -0.1) is 10.2 Å². The van der Waals surface area contributed by atoms with Gasteiger partial charge in [0.2, 0.25) is 24.1 Å². The molecule has 10 heteroatoms. The van der Waals surface area contributed by atoms with Gasteiger partial charge in [-0.1, -0.05) is 0 Å². The van der Waals surface area contributed by atoms with E-state index in [4.69, 9.17) is 9.15 Å². The minimum atomic E-state index is -1.14. The second-order valence-electron chi connectivity index (χ2n) is 8.91. The quantitative estimate of drug-likeness (QED) is 0.275. The van der Waals surface area contributed by atoms with Crippen LogP contribution in [0.3, 0.4) is 0 Å². The number of hydrogen-bond donors (Lipinski definition) is 2. The van der Waals surface area contributed by atoms with Gasteiger partial charge in [-0.05, 0) is 85.6 Å². The highest BCUT2D eigenvalue weighted by molar-refractivity contribution is 6.16. The van der Waals surface area contributed by atoms with E-state index in [1.165, 1.54) is 30.7 Å². The number of benzene rings is 3. The zero-order chi connectivity index (χ0) is 26.1. The molecule has 2 aromatic heterocycles. The molecule has 188 valence electrons. The summed E-state index contributed by atoms with van der Waals surface area (Å²) in [7, 11) is 0. The van der Waals surface area contributed by atoms with Crippen molar-refractivity contribution in [3.8, 4) is 23.0 Å². The topological polar surface area (TPSA) is 119 Å². The molecule has 0 unspecified atom stereocenters. The first-order valence-corrected chi connectivity index (χ1v) is 11.8. The average molecular weight is 509 g/mol. The summed E-state index contributed by atoms with van der Waals surface area (Å²) in [6, 6.07) is 19.6. The van der Waals surface area contributed by atoms with E-state index in [1.807, 2.05) is 18.2 Å². The van der Waals surface area contributed by atoms with Crippen molar-refractivity contribution < 1.29 is 23.1 Å². The fraction of sp³-hybridized carbons (Fsp3) is 0.107.